The number of aromatic hydroxyl groups is 1. The molecule has 2 unspecified atom stereocenters. The number of phenolic OH excluding ortho intramolecular Hbond substituents is 1. The molecule has 2 aromatic rings. The van der Waals surface area contributed by atoms with Gasteiger partial charge in [0.15, 0.2) is 5.78 Å². The molecule has 7 nitrogen and oxygen atoms in total. The van der Waals surface area contributed by atoms with Crippen LogP contribution in [0.25, 0.3) is 0 Å². The van der Waals surface area contributed by atoms with E-state index >= 15 is 0 Å². The number of hydrogen-bond donors (Lipinski definition) is 3. The molecule has 9 heteroatoms. The van der Waals surface area contributed by atoms with Crippen molar-refractivity contribution in [2.45, 2.75) is 44.1 Å². The lowest BCUT2D eigenvalue weighted by molar-refractivity contribution is -0.136. The number of carbonyl (C=O) groups is 2. The molecule has 0 saturated carbocycles. The van der Waals surface area contributed by atoms with Crippen molar-refractivity contribution >= 4 is 34.2 Å². The highest BCUT2D eigenvalue weighted by molar-refractivity contribution is 7.85. The highest BCUT2D eigenvalue weighted by Gasteiger charge is 2.19. The zero-order chi connectivity index (χ0) is 23.1. The van der Waals surface area contributed by atoms with Crippen LogP contribution in [0.2, 0.25) is 5.02 Å². The molecule has 0 saturated heterocycles. The number of ketones is 1. The lowest BCUT2D eigenvalue weighted by atomic mass is 10.0. The second kappa shape index (κ2) is 11.3. The van der Waals surface area contributed by atoms with Crippen LogP contribution in [0.5, 0.6) is 11.5 Å². The van der Waals surface area contributed by atoms with E-state index < -0.39 is 22.9 Å². The number of aliphatic hydroxyl groups is 1. The average Bonchev–Trinajstić information content (AvgIpc) is 2.67. The number of aliphatic carboxylic acids is 1. The number of hydrogen-bond acceptors (Lipinski definition) is 6. The van der Waals surface area contributed by atoms with Crippen LogP contribution in [0.15, 0.2) is 35.2 Å². The van der Waals surface area contributed by atoms with Gasteiger partial charge in [0.1, 0.15) is 18.1 Å². The van der Waals surface area contributed by atoms with Gasteiger partial charge in [-0.15, -0.1) is 0 Å². The van der Waals surface area contributed by atoms with Gasteiger partial charge >= 0.3 is 5.97 Å². The molecule has 3 N–H and O–H groups in total. The Labute approximate surface area is 188 Å². The molecule has 0 aliphatic heterocycles. The summed E-state index contributed by atoms with van der Waals surface area (Å²) >= 11 is 6.12. The summed E-state index contributed by atoms with van der Waals surface area (Å²) in [5, 5.41) is 29.7. The summed E-state index contributed by atoms with van der Waals surface area (Å²) in [7, 11) is -1.63. The summed E-state index contributed by atoms with van der Waals surface area (Å²) in [6.45, 7) is 3.12. The van der Waals surface area contributed by atoms with E-state index in [9.17, 15) is 24.0 Å². The predicted molar refractivity (Wildman–Crippen MR) is 118 cm³/mol. The van der Waals surface area contributed by atoms with Crippen LogP contribution in [0, 0.1) is 0 Å². The maximum absolute atomic E-state index is 12.6. The number of aliphatic hydroxyl groups excluding tert-OH is 1. The van der Waals surface area contributed by atoms with Crippen LogP contribution in [0.4, 0.5) is 0 Å². The largest absolute Gasteiger partial charge is 0.507 e. The summed E-state index contributed by atoms with van der Waals surface area (Å²) in [5.74, 6) is -1.17. The third kappa shape index (κ3) is 6.78. The molecule has 31 heavy (non-hydrogen) atoms. The molecule has 0 fully saturated rings. The van der Waals surface area contributed by atoms with E-state index in [-0.39, 0.29) is 40.9 Å². The van der Waals surface area contributed by atoms with Gasteiger partial charge in [0.25, 0.3) is 0 Å². The quantitative estimate of drug-likeness (QED) is 0.432. The molecule has 0 radical (unpaired) electrons. The fourth-order valence-corrected chi connectivity index (χ4v) is 4.62. The Bertz CT molecular complexity index is 990. The van der Waals surface area contributed by atoms with Gasteiger partial charge in [0.2, 0.25) is 0 Å². The lowest BCUT2D eigenvalue weighted by Crippen LogP contribution is -2.25. The number of carboxylic acid groups (broad SMARTS) is 1. The molecule has 2 atom stereocenters. The van der Waals surface area contributed by atoms with Crippen molar-refractivity contribution in [2.75, 3.05) is 12.4 Å². The van der Waals surface area contributed by atoms with Crippen LogP contribution < -0.4 is 4.74 Å². The van der Waals surface area contributed by atoms with E-state index in [0.29, 0.717) is 34.6 Å². The normalized spacial score (nSPS) is 12.9. The molecule has 0 spiro atoms. The van der Waals surface area contributed by atoms with Gasteiger partial charge in [-0.25, -0.2) is 0 Å². The first kappa shape index (κ1) is 24.8. The van der Waals surface area contributed by atoms with Crippen molar-refractivity contribution in [3.63, 3.8) is 0 Å². The molecule has 2 rings (SSSR count). The summed E-state index contributed by atoms with van der Waals surface area (Å²) < 4.78 is 18.2. The van der Waals surface area contributed by atoms with Gasteiger partial charge in [-0.05, 0) is 43.2 Å². The Balaban J connectivity index is 2.06. The van der Waals surface area contributed by atoms with Crippen molar-refractivity contribution in [3.05, 3.63) is 52.0 Å². The molecule has 0 bridgehead atoms. The Morgan fingerprint density at radius 1 is 1.23 bits per heavy atom. The van der Waals surface area contributed by atoms with Crippen LogP contribution >= 0.6 is 11.6 Å². The topological polar surface area (TPSA) is 121 Å². The standard InChI is InChI=1S/C22H25ClO7S/c1-3-4-17-19(7-6-16(13(2)24)22(17)28)30-11-15(25)12-31(29)20-8-5-14(9-18(20)23)10-21(26)27/h5-9,15,25,28H,3-4,10-12H2,1-2H3,(H,26,27). The smallest absolute Gasteiger partial charge is 0.307 e. The second-order valence-corrected chi connectivity index (χ2v) is 8.93. The van der Waals surface area contributed by atoms with Crippen LogP contribution in [0.1, 0.15) is 41.8 Å². The minimum absolute atomic E-state index is 0.127. The first-order valence-corrected chi connectivity index (χ1v) is 11.4. The zero-order valence-corrected chi connectivity index (χ0v) is 18.8. The van der Waals surface area contributed by atoms with E-state index in [4.69, 9.17) is 21.4 Å². The number of carbonyl (C=O) groups excluding carboxylic acids is 1. The number of rotatable bonds is 11. The molecule has 0 heterocycles. The van der Waals surface area contributed by atoms with E-state index in [1.54, 1.807) is 6.07 Å². The Hall–Kier alpha value is -2.42. The maximum atomic E-state index is 12.6. The molecule has 0 aliphatic carbocycles. The van der Waals surface area contributed by atoms with Crippen molar-refractivity contribution in [3.8, 4) is 11.5 Å². The van der Waals surface area contributed by atoms with E-state index in [2.05, 4.69) is 0 Å². The van der Waals surface area contributed by atoms with Crippen LogP contribution in [0.3, 0.4) is 0 Å². The number of halogens is 1. The van der Waals surface area contributed by atoms with E-state index in [0.717, 1.165) is 0 Å². The molecule has 2 aromatic carbocycles. The number of benzene rings is 2. The molecular weight excluding hydrogens is 444 g/mol. The third-order valence-corrected chi connectivity index (χ3v) is 6.45. The molecular formula is C22H25ClO7S. The Morgan fingerprint density at radius 2 is 1.94 bits per heavy atom. The van der Waals surface area contributed by atoms with Crippen molar-refractivity contribution in [2.24, 2.45) is 0 Å². The van der Waals surface area contributed by atoms with Gasteiger partial charge in [-0.1, -0.05) is 31.0 Å². The molecule has 168 valence electrons. The fraction of sp³-hybridized carbons (Fsp3) is 0.364. The van der Waals surface area contributed by atoms with Crippen LogP contribution in [-0.4, -0.2) is 49.7 Å². The van der Waals surface area contributed by atoms with Crippen molar-refractivity contribution in [1.29, 1.82) is 0 Å². The lowest BCUT2D eigenvalue weighted by Gasteiger charge is -2.17. The fourth-order valence-electron chi connectivity index (χ4n) is 3.04. The Kier molecular flexibility index (Phi) is 9.03. The number of ether oxygens (including phenoxy) is 1. The molecule has 0 amide bonds. The summed E-state index contributed by atoms with van der Waals surface area (Å²) in [5.41, 5.74) is 1.18. The minimum atomic E-state index is -1.63. The van der Waals surface area contributed by atoms with Crippen LogP contribution in [-0.2, 0) is 28.4 Å². The first-order valence-electron chi connectivity index (χ1n) is 9.69. The summed E-state index contributed by atoms with van der Waals surface area (Å²) in [4.78, 5) is 22.7. The number of carboxylic acids is 1. The monoisotopic (exact) mass is 468 g/mol. The van der Waals surface area contributed by atoms with Crippen molar-refractivity contribution in [1.82, 2.24) is 0 Å². The Morgan fingerprint density at radius 3 is 2.52 bits per heavy atom. The molecule has 0 aliphatic rings. The van der Waals surface area contributed by atoms with Gasteiger partial charge < -0.3 is 20.1 Å². The highest BCUT2D eigenvalue weighted by Crippen LogP contribution is 2.33. The number of phenols is 1. The average molecular weight is 469 g/mol. The number of Topliss-reactive ketones (excluding diaryl/α,β-unsaturated/α-hetero) is 1. The van der Waals surface area contributed by atoms with E-state index in [1.807, 2.05) is 6.92 Å². The third-order valence-electron chi connectivity index (χ3n) is 4.49. The van der Waals surface area contributed by atoms with Gasteiger partial charge in [-0.2, -0.15) is 0 Å². The molecule has 0 aromatic heterocycles. The van der Waals surface area contributed by atoms with Gasteiger partial charge in [-0.3, -0.25) is 13.8 Å². The second-order valence-electron chi connectivity index (χ2n) is 7.06. The minimum Gasteiger partial charge on any atom is -0.507 e. The highest BCUT2D eigenvalue weighted by atomic mass is 35.5. The van der Waals surface area contributed by atoms with Gasteiger partial charge in [0, 0.05) is 5.56 Å². The maximum Gasteiger partial charge on any atom is 0.307 e. The first-order chi connectivity index (χ1) is 14.6. The van der Waals surface area contributed by atoms with Gasteiger partial charge in [0.05, 0.1) is 44.6 Å². The summed E-state index contributed by atoms with van der Waals surface area (Å²) in [6.07, 6.45) is -0.0744. The predicted octanol–water partition coefficient (Wildman–Crippen LogP) is 3.38. The van der Waals surface area contributed by atoms with E-state index in [1.165, 1.54) is 31.2 Å². The summed E-state index contributed by atoms with van der Waals surface area (Å²) in [6, 6.07) is 7.51. The SMILES string of the molecule is CCCc1c(OCC(O)CS(=O)c2ccc(CC(=O)O)cc2Cl)ccc(C(C)=O)c1O. The van der Waals surface area contributed by atoms with Crippen molar-refractivity contribution < 1.29 is 33.9 Å². The zero-order valence-electron chi connectivity index (χ0n) is 17.3.